The van der Waals surface area contributed by atoms with Crippen molar-refractivity contribution in [1.82, 2.24) is 25.8 Å². The number of nitrogens with one attached hydrogen (secondary N) is 3. The molecule has 3 atom stereocenters. The molecule has 0 aromatic heterocycles. The van der Waals surface area contributed by atoms with Crippen molar-refractivity contribution in [3.8, 4) is 11.5 Å². The van der Waals surface area contributed by atoms with Crippen LogP contribution in [-0.2, 0) is 32.0 Å². The standard InChI is InChI=1S/C37H44N6O6/c1-24(2)19-30-35(46)41-32(37(48)43-17-15-42(16-18-43)23-33(38)44)21-26-11-13-28(14-12-26)49-29-10-6-9-27(22-29)34(45)39-31(36(47)40-30)20-25-7-4-3-5-8-25/h3-14,22,24,30-32H,15-21,23H2,1-2H3,(H2,38,44)(H,39,45)(H,40,47)(H,41,46)/t30-,31+,32-/m0/s1. The topological polar surface area (TPSA) is 163 Å². The SMILES string of the molecule is CC(C)C[C@@H]1NC(=O)[C@@H](Cc2ccccc2)NC(=O)c2cccc(c2)Oc2ccc(cc2)C[C@@H](C(=O)N2CCN(CC(N)=O)CC2)NC1=O. The lowest BCUT2D eigenvalue weighted by molar-refractivity contribution is -0.139. The second-order valence-corrected chi connectivity index (χ2v) is 13.0. The van der Waals surface area contributed by atoms with Crippen molar-refractivity contribution < 1.29 is 28.7 Å². The van der Waals surface area contributed by atoms with Crippen LogP contribution in [0.2, 0.25) is 0 Å². The molecule has 49 heavy (non-hydrogen) atoms. The van der Waals surface area contributed by atoms with Gasteiger partial charge in [0.15, 0.2) is 0 Å². The minimum absolute atomic E-state index is 0.0267. The molecule has 0 radical (unpaired) electrons. The van der Waals surface area contributed by atoms with Gasteiger partial charge in [-0.1, -0.05) is 62.4 Å². The molecule has 12 nitrogen and oxygen atoms in total. The molecule has 5 N–H and O–H groups in total. The van der Waals surface area contributed by atoms with Crippen molar-refractivity contribution in [3.05, 3.63) is 95.6 Å². The maximum absolute atomic E-state index is 14.0. The monoisotopic (exact) mass is 668 g/mol. The van der Waals surface area contributed by atoms with Crippen LogP contribution in [0.1, 0.15) is 41.8 Å². The highest BCUT2D eigenvalue weighted by molar-refractivity contribution is 5.99. The Morgan fingerprint density at radius 1 is 0.816 bits per heavy atom. The Bertz CT molecular complexity index is 1640. The Labute approximate surface area is 286 Å². The molecule has 3 heterocycles. The maximum Gasteiger partial charge on any atom is 0.252 e. The molecule has 258 valence electrons. The summed E-state index contributed by atoms with van der Waals surface area (Å²) < 4.78 is 6.04. The van der Waals surface area contributed by atoms with Crippen molar-refractivity contribution in [3.63, 3.8) is 0 Å². The van der Waals surface area contributed by atoms with Crippen molar-refractivity contribution in [2.75, 3.05) is 32.7 Å². The van der Waals surface area contributed by atoms with E-state index in [2.05, 4.69) is 16.0 Å². The molecule has 3 aromatic carbocycles. The van der Waals surface area contributed by atoms with Gasteiger partial charge in [0, 0.05) is 44.6 Å². The number of piperazine rings is 1. The van der Waals surface area contributed by atoms with Crippen LogP contribution in [0.15, 0.2) is 78.9 Å². The lowest BCUT2D eigenvalue weighted by atomic mass is 9.99. The third kappa shape index (κ3) is 9.89. The summed E-state index contributed by atoms with van der Waals surface area (Å²) in [7, 11) is 0. The predicted octanol–water partition coefficient (Wildman–Crippen LogP) is 2.02. The summed E-state index contributed by atoms with van der Waals surface area (Å²) >= 11 is 0. The fourth-order valence-corrected chi connectivity index (χ4v) is 6.08. The molecular weight excluding hydrogens is 624 g/mol. The maximum atomic E-state index is 14.0. The van der Waals surface area contributed by atoms with E-state index in [4.69, 9.17) is 10.5 Å². The van der Waals surface area contributed by atoms with Gasteiger partial charge in [0.2, 0.25) is 23.6 Å². The van der Waals surface area contributed by atoms with Crippen molar-refractivity contribution in [1.29, 1.82) is 0 Å². The fourth-order valence-electron chi connectivity index (χ4n) is 6.08. The number of nitrogens with two attached hydrogens (primary N) is 1. The van der Waals surface area contributed by atoms with Gasteiger partial charge in [-0.25, -0.2) is 0 Å². The average molecular weight is 669 g/mol. The number of carbonyl (C=O) groups excluding carboxylic acids is 5. The molecule has 1 fully saturated rings. The van der Waals surface area contributed by atoms with E-state index in [0.717, 1.165) is 11.1 Å². The lowest BCUT2D eigenvalue weighted by Gasteiger charge is -2.36. The highest BCUT2D eigenvalue weighted by Crippen LogP contribution is 2.24. The van der Waals surface area contributed by atoms with Gasteiger partial charge in [0.1, 0.15) is 29.6 Å². The third-order valence-electron chi connectivity index (χ3n) is 8.62. The Morgan fingerprint density at radius 2 is 1.51 bits per heavy atom. The van der Waals surface area contributed by atoms with Crippen molar-refractivity contribution in [2.24, 2.45) is 11.7 Å². The second kappa shape index (κ2) is 16.2. The zero-order valence-electron chi connectivity index (χ0n) is 27.9. The normalized spacial score (nSPS) is 20.8. The summed E-state index contributed by atoms with van der Waals surface area (Å²) in [5, 5.41) is 8.71. The lowest BCUT2D eigenvalue weighted by Crippen LogP contribution is -2.59. The van der Waals surface area contributed by atoms with Crippen LogP contribution in [0.4, 0.5) is 0 Å². The fraction of sp³-hybridized carbons (Fsp3) is 0.378. The van der Waals surface area contributed by atoms with Crippen LogP contribution in [0.5, 0.6) is 11.5 Å². The van der Waals surface area contributed by atoms with Gasteiger partial charge in [-0.2, -0.15) is 0 Å². The van der Waals surface area contributed by atoms with Crippen LogP contribution >= 0.6 is 0 Å². The first-order chi connectivity index (χ1) is 23.5. The first kappa shape index (κ1) is 35.1. The molecule has 4 bridgehead atoms. The number of amides is 5. The van der Waals surface area contributed by atoms with Crippen LogP contribution in [0.25, 0.3) is 0 Å². The minimum Gasteiger partial charge on any atom is -0.457 e. The largest absolute Gasteiger partial charge is 0.457 e. The van der Waals surface area contributed by atoms with Gasteiger partial charge in [-0.05, 0) is 53.8 Å². The highest BCUT2D eigenvalue weighted by Gasteiger charge is 2.33. The quantitative estimate of drug-likeness (QED) is 0.280. The smallest absolute Gasteiger partial charge is 0.252 e. The highest BCUT2D eigenvalue weighted by atomic mass is 16.5. The number of rotatable bonds is 7. The minimum atomic E-state index is -0.998. The summed E-state index contributed by atoms with van der Waals surface area (Å²) in [5.74, 6) is -1.18. The molecule has 3 aliphatic heterocycles. The number of hydrogen-bond donors (Lipinski definition) is 4. The zero-order valence-corrected chi connectivity index (χ0v) is 27.9. The Morgan fingerprint density at radius 3 is 2.18 bits per heavy atom. The van der Waals surface area contributed by atoms with E-state index < -0.39 is 41.8 Å². The zero-order chi connectivity index (χ0) is 34.9. The van der Waals surface area contributed by atoms with Crippen LogP contribution in [0, 0.1) is 5.92 Å². The Balaban J connectivity index is 1.47. The van der Waals surface area contributed by atoms with Gasteiger partial charge in [0.25, 0.3) is 5.91 Å². The molecule has 3 aromatic rings. The molecule has 6 rings (SSSR count). The first-order valence-electron chi connectivity index (χ1n) is 16.7. The summed E-state index contributed by atoms with van der Waals surface area (Å²) in [6, 6.07) is 20.3. The third-order valence-corrected chi connectivity index (χ3v) is 8.62. The molecule has 0 saturated carbocycles. The molecule has 0 aliphatic carbocycles. The van der Waals surface area contributed by atoms with Crippen molar-refractivity contribution in [2.45, 2.75) is 51.2 Å². The molecule has 0 spiro atoms. The number of benzene rings is 3. The van der Waals surface area contributed by atoms with Crippen LogP contribution in [0.3, 0.4) is 0 Å². The molecule has 5 amide bonds. The number of carbonyl (C=O) groups is 5. The van der Waals surface area contributed by atoms with E-state index in [1.807, 2.05) is 61.2 Å². The molecule has 3 aliphatic rings. The number of nitrogens with zero attached hydrogens (tertiary/aromatic N) is 2. The van der Waals surface area contributed by atoms with E-state index in [0.29, 0.717) is 49.7 Å². The van der Waals surface area contributed by atoms with Gasteiger partial charge < -0.3 is 31.3 Å². The predicted molar refractivity (Wildman–Crippen MR) is 184 cm³/mol. The summed E-state index contributed by atoms with van der Waals surface area (Å²) in [5.41, 5.74) is 7.30. The van der Waals surface area contributed by atoms with E-state index in [1.165, 1.54) is 0 Å². The van der Waals surface area contributed by atoms with Gasteiger partial charge >= 0.3 is 0 Å². The number of primary amides is 1. The number of hydrogen-bond acceptors (Lipinski definition) is 7. The Hall–Kier alpha value is -5.23. The summed E-state index contributed by atoms with van der Waals surface area (Å²) in [6.07, 6.45) is 0.709. The summed E-state index contributed by atoms with van der Waals surface area (Å²) in [4.78, 5) is 70.4. The van der Waals surface area contributed by atoms with E-state index in [9.17, 15) is 24.0 Å². The number of fused-ring (bicyclic) bond motifs is 11. The van der Waals surface area contributed by atoms with E-state index in [1.54, 1.807) is 41.3 Å². The molecular formula is C37H44N6O6. The Kier molecular flexibility index (Phi) is 11.6. The van der Waals surface area contributed by atoms with E-state index in [-0.39, 0.29) is 31.2 Å². The molecule has 0 unspecified atom stereocenters. The number of ether oxygens (including phenoxy) is 1. The average Bonchev–Trinajstić information content (AvgIpc) is 3.08. The first-order valence-corrected chi connectivity index (χ1v) is 16.7. The van der Waals surface area contributed by atoms with Crippen molar-refractivity contribution >= 4 is 29.5 Å². The van der Waals surface area contributed by atoms with Gasteiger partial charge in [-0.3, -0.25) is 28.9 Å². The molecule has 1 saturated heterocycles. The van der Waals surface area contributed by atoms with Crippen LogP contribution in [-0.4, -0.2) is 90.2 Å². The van der Waals surface area contributed by atoms with Crippen LogP contribution < -0.4 is 26.4 Å². The van der Waals surface area contributed by atoms with E-state index >= 15 is 0 Å². The molecule has 12 heteroatoms. The van der Waals surface area contributed by atoms with Gasteiger partial charge in [0.05, 0.1) is 6.54 Å². The van der Waals surface area contributed by atoms with Gasteiger partial charge in [-0.15, -0.1) is 0 Å². The summed E-state index contributed by atoms with van der Waals surface area (Å²) in [6.45, 7) is 5.70. The second-order valence-electron chi connectivity index (χ2n) is 13.0.